The third-order valence-corrected chi connectivity index (χ3v) is 5.42. The molecule has 0 saturated heterocycles. The van der Waals surface area contributed by atoms with Crippen molar-refractivity contribution in [3.05, 3.63) is 91.0 Å². The Morgan fingerprint density at radius 2 is 1.45 bits per heavy atom. The van der Waals surface area contributed by atoms with Gasteiger partial charge in [-0.05, 0) is 31.2 Å². The average molecular weight is 401 g/mol. The lowest BCUT2D eigenvalue weighted by molar-refractivity contribution is -0.115. The Bertz CT molecular complexity index is 1080. The molecule has 4 aromatic rings. The molecule has 3 aromatic carbocycles. The molecular weight excluding hydrogens is 380 g/mol. The highest BCUT2D eigenvalue weighted by atomic mass is 32.2. The van der Waals surface area contributed by atoms with Crippen molar-refractivity contribution in [3.63, 3.8) is 0 Å². The fraction of sp³-hybridized carbons (Fsp3) is 0.0870. The molecule has 0 spiro atoms. The van der Waals surface area contributed by atoms with E-state index in [9.17, 15) is 4.79 Å². The molecule has 0 radical (unpaired) electrons. The van der Waals surface area contributed by atoms with E-state index in [4.69, 9.17) is 0 Å². The normalized spacial score (nSPS) is 11.8. The van der Waals surface area contributed by atoms with Crippen molar-refractivity contribution < 1.29 is 4.79 Å². The van der Waals surface area contributed by atoms with Gasteiger partial charge in [0.2, 0.25) is 5.91 Å². The maximum Gasteiger partial charge on any atom is 0.237 e. The van der Waals surface area contributed by atoms with Crippen molar-refractivity contribution in [2.75, 3.05) is 5.32 Å². The summed E-state index contributed by atoms with van der Waals surface area (Å²) >= 11 is 1.39. The predicted molar refractivity (Wildman–Crippen MR) is 117 cm³/mol. The van der Waals surface area contributed by atoms with Gasteiger partial charge < -0.3 is 5.32 Å². The van der Waals surface area contributed by atoms with Crippen LogP contribution in [0.2, 0.25) is 0 Å². The molecule has 6 heteroatoms. The number of amides is 1. The van der Waals surface area contributed by atoms with Crippen LogP contribution in [0.1, 0.15) is 6.92 Å². The summed E-state index contributed by atoms with van der Waals surface area (Å²) < 4.78 is 1.99. The third kappa shape index (κ3) is 4.38. The number of carbonyl (C=O) groups is 1. The second-order valence-corrected chi connectivity index (χ2v) is 7.77. The van der Waals surface area contributed by atoms with Gasteiger partial charge in [0.15, 0.2) is 11.0 Å². The summed E-state index contributed by atoms with van der Waals surface area (Å²) in [5.74, 6) is 0.667. The number of nitrogens with zero attached hydrogens (tertiary/aromatic N) is 3. The van der Waals surface area contributed by atoms with Gasteiger partial charge in [0.25, 0.3) is 0 Å². The SMILES string of the molecule is CC(Sc1nnc(-c2ccccc2)n1-c1ccccc1)C(=O)Nc1ccccc1. The van der Waals surface area contributed by atoms with Crippen LogP contribution >= 0.6 is 11.8 Å². The molecule has 1 heterocycles. The number of benzene rings is 3. The minimum atomic E-state index is -0.342. The lowest BCUT2D eigenvalue weighted by Crippen LogP contribution is -2.22. The quantitative estimate of drug-likeness (QED) is 0.460. The molecule has 0 saturated carbocycles. The number of para-hydroxylation sites is 2. The smallest absolute Gasteiger partial charge is 0.237 e. The number of rotatable bonds is 6. The molecule has 4 rings (SSSR count). The number of hydrogen-bond acceptors (Lipinski definition) is 4. The van der Waals surface area contributed by atoms with Gasteiger partial charge in [-0.3, -0.25) is 9.36 Å². The summed E-state index contributed by atoms with van der Waals surface area (Å²) in [4.78, 5) is 12.7. The number of nitrogens with one attached hydrogen (secondary N) is 1. The highest BCUT2D eigenvalue weighted by Crippen LogP contribution is 2.30. The molecule has 0 aliphatic heterocycles. The van der Waals surface area contributed by atoms with Gasteiger partial charge in [0.1, 0.15) is 0 Å². The van der Waals surface area contributed by atoms with Gasteiger partial charge in [0.05, 0.1) is 5.25 Å². The Labute approximate surface area is 173 Å². The number of carbonyl (C=O) groups excluding carboxylic acids is 1. The molecular formula is C23H20N4OS. The lowest BCUT2D eigenvalue weighted by Gasteiger charge is -2.14. The van der Waals surface area contributed by atoms with Crippen LogP contribution in [0.15, 0.2) is 96.2 Å². The lowest BCUT2D eigenvalue weighted by atomic mass is 10.2. The van der Waals surface area contributed by atoms with Crippen molar-refractivity contribution in [3.8, 4) is 17.1 Å². The van der Waals surface area contributed by atoms with E-state index in [1.807, 2.05) is 102 Å². The molecule has 144 valence electrons. The standard InChI is InChI=1S/C23H20N4OS/c1-17(22(28)24-19-13-7-3-8-14-19)29-23-26-25-21(18-11-5-2-6-12-18)27(23)20-15-9-4-10-16-20/h2-17H,1H3,(H,24,28). The van der Waals surface area contributed by atoms with Gasteiger partial charge in [-0.25, -0.2) is 0 Å². The summed E-state index contributed by atoms with van der Waals surface area (Å²) in [7, 11) is 0. The zero-order valence-corrected chi connectivity index (χ0v) is 16.7. The Hall–Kier alpha value is -3.38. The van der Waals surface area contributed by atoms with Crippen molar-refractivity contribution in [1.82, 2.24) is 14.8 Å². The van der Waals surface area contributed by atoms with Crippen LogP contribution in [-0.2, 0) is 4.79 Å². The zero-order chi connectivity index (χ0) is 20.1. The number of aromatic nitrogens is 3. The molecule has 1 amide bonds. The third-order valence-electron chi connectivity index (χ3n) is 4.37. The van der Waals surface area contributed by atoms with E-state index >= 15 is 0 Å². The molecule has 1 atom stereocenters. The van der Waals surface area contributed by atoms with Crippen molar-refractivity contribution in [2.24, 2.45) is 0 Å². The molecule has 1 aromatic heterocycles. The monoisotopic (exact) mass is 400 g/mol. The van der Waals surface area contributed by atoms with Crippen LogP contribution in [0.5, 0.6) is 0 Å². The fourth-order valence-electron chi connectivity index (χ4n) is 2.91. The summed E-state index contributed by atoms with van der Waals surface area (Å²) in [6.45, 7) is 1.87. The van der Waals surface area contributed by atoms with Crippen molar-refractivity contribution in [1.29, 1.82) is 0 Å². The Balaban J connectivity index is 1.63. The molecule has 0 aliphatic carbocycles. The van der Waals surface area contributed by atoms with E-state index in [2.05, 4.69) is 15.5 Å². The van der Waals surface area contributed by atoms with E-state index in [1.54, 1.807) is 0 Å². The zero-order valence-electron chi connectivity index (χ0n) is 15.9. The maximum atomic E-state index is 12.7. The first-order valence-electron chi connectivity index (χ1n) is 9.31. The first-order chi connectivity index (χ1) is 14.2. The maximum absolute atomic E-state index is 12.7. The Kier molecular flexibility index (Phi) is 5.72. The van der Waals surface area contributed by atoms with Gasteiger partial charge >= 0.3 is 0 Å². The molecule has 1 N–H and O–H groups in total. The molecule has 0 bridgehead atoms. The minimum absolute atomic E-state index is 0.0786. The summed E-state index contributed by atoms with van der Waals surface area (Å²) in [6, 6.07) is 29.3. The predicted octanol–water partition coefficient (Wildman–Crippen LogP) is 5.05. The van der Waals surface area contributed by atoms with E-state index in [0.29, 0.717) is 5.16 Å². The molecule has 29 heavy (non-hydrogen) atoms. The first-order valence-corrected chi connectivity index (χ1v) is 10.2. The van der Waals surface area contributed by atoms with E-state index < -0.39 is 0 Å². The molecule has 0 fully saturated rings. The van der Waals surface area contributed by atoms with Crippen LogP contribution in [0.3, 0.4) is 0 Å². The summed E-state index contributed by atoms with van der Waals surface area (Å²) in [5.41, 5.74) is 2.70. The Morgan fingerprint density at radius 1 is 0.862 bits per heavy atom. The fourth-order valence-corrected chi connectivity index (χ4v) is 3.77. The Morgan fingerprint density at radius 3 is 2.10 bits per heavy atom. The van der Waals surface area contributed by atoms with E-state index in [-0.39, 0.29) is 11.2 Å². The van der Waals surface area contributed by atoms with Crippen LogP contribution in [0.25, 0.3) is 17.1 Å². The van der Waals surface area contributed by atoms with Crippen LogP contribution in [-0.4, -0.2) is 25.9 Å². The second-order valence-electron chi connectivity index (χ2n) is 6.46. The van der Waals surface area contributed by atoms with Crippen molar-refractivity contribution in [2.45, 2.75) is 17.3 Å². The average Bonchev–Trinajstić information content (AvgIpc) is 3.19. The first kappa shape index (κ1) is 19.0. The molecule has 5 nitrogen and oxygen atoms in total. The minimum Gasteiger partial charge on any atom is -0.325 e. The van der Waals surface area contributed by atoms with Gasteiger partial charge in [-0.1, -0.05) is 78.5 Å². The van der Waals surface area contributed by atoms with Gasteiger partial charge in [-0.15, -0.1) is 10.2 Å². The molecule has 1 unspecified atom stereocenters. The number of anilines is 1. The number of hydrogen-bond donors (Lipinski definition) is 1. The summed E-state index contributed by atoms with van der Waals surface area (Å²) in [5, 5.41) is 12.1. The highest BCUT2D eigenvalue weighted by Gasteiger charge is 2.21. The van der Waals surface area contributed by atoms with Crippen LogP contribution in [0, 0.1) is 0 Å². The van der Waals surface area contributed by atoms with Crippen molar-refractivity contribution >= 4 is 23.4 Å². The molecule has 0 aliphatic rings. The van der Waals surface area contributed by atoms with Gasteiger partial charge in [-0.2, -0.15) is 0 Å². The van der Waals surface area contributed by atoms with E-state index in [1.165, 1.54) is 11.8 Å². The van der Waals surface area contributed by atoms with Crippen LogP contribution in [0.4, 0.5) is 5.69 Å². The largest absolute Gasteiger partial charge is 0.325 e. The van der Waals surface area contributed by atoms with Gasteiger partial charge in [0, 0.05) is 16.9 Å². The van der Waals surface area contributed by atoms with E-state index in [0.717, 1.165) is 22.8 Å². The topological polar surface area (TPSA) is 59.8 Å². The summed E-state index contributed by atoms with van der Waals surface area (Å²) in [6.07, 6.45) is 0. The second kappa shape index (κ2) is 8.75. The number of thioether (sulfide) groups is 1. The highest BCUT2D eigenvalue weighted by molar-refractivity contribution is 8.00. The van der Waals surface area contributed by atoms with Crippen LogP contribution < -0.4 is 5.32 Å².